The third-order valence-corrected chi connectivity index (χ3v) is 6.23. The van der Waals surface area contributed by atoms with Crippen LogP contribution in [0.2, 0.25) is 0 Å². The molecule has 1 saturated carbocycles. The first-order chi connectivity index (χ1) is 14.6. The van der Waals surface area contributed by atoms with Crippen molar-refractivity contribution >= 4 is 23.0 Å². The molecule has 0 bridgehead atoms. The number of aromatic nitrogens is 2. The minimum absolute atomic E-state index is 0.293. The van der Waals surface area contributed by atoms with E-state index in [0.29, 0.717) is 11.6 Å². The highest BCUT2D eigenvalue weighted by molar-refractivity contribution is 5.93. The maximum absolute atomic E-state index is 11.5. The summed E-state index contributed by atoms with van der Waals surface area (Å²) in [4.78, 5) is 18.8. The molecule has 3 aromatic rings. The van der Waals surface area contributed by atoms with E-state index in [9.17, 15) is 9.90 Å². The van der Waals surface area contributed by atoms with Crippen LogP contribution in [-0.2, 0) is 6.54 Å². The maximum Gasteiger partial charge on any atom is 0.335 e. The first-order valence-electron chi connectivity index (χ1n) is 11.1. The average Bonchev–Trinajstić information content (AvgIpc) is 2.90. The fourth-order valence-corrected chi connectivity index (χ4v) is 4.67. The van der Waals surface area contributed by atoms with E-state index in [2.05, 4.69) is 47.6 Å². The van der Waals surface area contributed by atoms with Crippen molar-refractivity contribution in [1.29, 1.82) is 0 Å². The Hall–Kier alpha value is -2.82. The Morgan fingerprint density at radius 2 is 1.90 bits per heavy atom. The highest BCUT2D eigenvalue weighted by Gasteiger charge is 2.24. The number of anilines is 1. The molecule has 1 N–H and O–H groups in total. The lowest BCUT2D eigenvalue weighted by molar-refractivity contribution is 0.0697. The number of benzene rings is 2. The molecule has 1 fully saturated rings. The Balaban J connectivity index is 1.80. The average molecular weight is 406 g/mol. The van der Waals surface area contributed by atoms with Crippen LogP contribution in [0.1, 0.15) is 73.0 Å². The van der Waals surface area contributed by atoms with E-state index in [1.165, 1.54) is 36.8 Å². The third kappa shape index (κ3) is 4.20. The van der Waals surface area contributed by atoms with E-state index in [1.54, 1.807) is 12.1 Å². The topological polar surface area (TPSA) is 58.4 Å². The molecule has 158 valence electrons. The lowest BCUT2D eigenvalue weighted by atomic mass is 10.1. The van der Waals surface area contributed by atoms with Gasteiger partial charge in [-0.3, -0.25) is 0 Å². The summed E-state index contributed by atoms with van der Waals surface area (Å²) in [5, 5.41) is 9.44. The fraction of sp³-hybridized carbons (Fsp3) is 0.440. The van der Waals surface area contributed by atoms with Crippen molar-refractivity contribution < 1.29 is 9.90 Å². The van der Waals surface area contributed by atoms with Crippen LogP contribution in [0.4, 0.5) is 5.95 Å². The third-order valence-electron chi connectivity index (χ3n) is 6.23. The van der Waals surface area contributed by atoms with E-state index in [-0.39, 0.29) is 0 Å². The minimum atomic E-state index is -0.908. The Morgan fingerprint density at radius 3 is 2.57 bits per heavy atom. The van der Waals surface area contributed by atoms with Crippen LogP contribution >= 0.6 is 0 Å². The number of hydrogen-bond donors (Lipinski definition) is 1. The molecule has 4 rings (SSSR count). The van der Waals surface area contributed by atoms with Crippen molar-refractivity contribution in [2.24, 2.45) is 0 Å². The van der Waals surface area contributed by atoms with E-state index in [0.717, 1.165) is 42.9 Å². The second-order valence-corrected chi connectivity index (χ2v) is 8.44. The van der Waals surface area contributed by atoms with E-state index in [4.69, 9.17) is 4.98 Å². The van der Waals surface area contributed by atoms with E-state index in [1.807, 2.05) is 6.07 Å². The summed E-state index contributed by atoms with van der Waals surface area (Å²) in [7, 11) is 0. The highest BCUT2D eigenvalue weighted by atomic mass is 16.4. The van der Waals surface area contributed by atoms with E-state index < -0.39 is 5.97 Å². The Bertz CT molecular complexity index is 1030. The smallest absolute Gasteiger partial charge is 0.335 e. The van der Waals surface area contributed by atoms with Crippen LogP contribution in [0.3, 0.4) is 0 Å². The Morgan fingerprint density at radius 1 is 1.13 bits per heavy atom. The van der Waals surface area contributed by atoms with Crippen LogP contribution in [0.5, 0.6) is 0 Å². The molecule has 0 aliphatic heterocycles. The van der Waals surface area contributed by atoms with Gasteiger partial charge in [0.2, 0.25) is 5.95 Å². The summed E-state index contributed by atoms with van der Waals surface area (Å²) in [6.45, 7) is 5.92. The van der Waals surface area contributed by atoms with Crippen LogP contribution < -0.4 is 4.90 Å². The molecule has 0 unspecified atom stereocenters. The number of carboxylic acid groups (broad SMARTS) is 1. The van der Waals surface area contributed by atoms with Crippen molar-refractivity contribution in [3.05, 3.63) is 59.2 Å². The lowest BCUT2D eigenvalue weighted by Crippen LogP contribution is -2.27. The summed E-state index contributed by atoms with van der Waals surface area (Å²) in [5.74, 6) is 0.0537. The van der Waals surface area contributed by atoms with Crippen LogP contribution in [0.15, 0.2) is 42.5 Å². The van der Waals surface area contributed by atoms with Crippen LogP contribution in [0, 0.1) is 6.92 Å². The van der Waals surface area contributed by atoms with Gasteiger partial charge < -0.3 is 14.6 Å². The highest BCUT2D eigenvalue weighted by Crippen LogP contribution is 2.35. The lowest BCUT2D eigenvalue weighted by Gasteiger charge is -2.27. The van der Waals surface area contributed by atoms with E-state index >= 15 is 0 Å². The number of hydrogen-bond acceptors (Lipinski definition) is 3. The van der Waals surface area contributed by atoms with Crippen molar-refractivity contribution in [2.45, 2.75) is 65.0 Å². The van der Waals surface area contributed by atoms with Crippen molar-refractivity contribution in [3.8, 4) is 0 Å². The quantitative estimate of drug-likeness (QED) is 0.514. The van der Waals surface area contributed by atoms with Crippen molar-refractivity contribution in [1.82, 2.24) is 9.55 Å². The number of carbonyl (C=O) groups is 1. The monoisotopic (exact) mass is 405 g/mol. The summed E-state index contributed by atoms with van der Waals surface area (Å²) < 4.78 is 2.39. The molecule has 2 aromatic carbocycles. The molecule has 0 saturated heterocycles. The van der Waals surface area contributed by atoms with Gasteiger partial charge in [0.05, 0.1) is 16.6 Å². The van der Waals surface area contributed by atoms with Gasteiger partial charge in [-0.05, 0) is 50.5 Å². The van der Waals surface area contributed by atoms with Gasteiger partial charge in [0.1, 0.15) is 0 Å². The van der Waals surface area contributed by atoms with Gasteiger partial charge in [-0.25, -0.2) is 9.78 Å². The maximum atomic E-state index is 11.5. The zero-order valence-electron chi connectivity index (χ0n) is 18.0. The van der Waals surface area contributed by atoms with Crippen LogP contribution in [0.25, 0.3) is 11.0 Å². The SMILES string of the molecule is CCN(Cc1cccc(C)c1)c1nc2cc(C(=O)O)ccc2n1C1CCCCCC1. The molecule has 5 nitrogen and oxygen atoms in total. The molecule has 0 atom stereocenters. The van der Waals surface area contributed by atoms with Gasteiger partial charge in [0, 0.05) is 19.1 Å². The normalized spacial score (nSPS) is 15.3. The molecule has 1 aliphatic carbocycles. The minimum Gasteiger partial charge on any atom is -0.478 e. The molecular weight excluding hydrogens is 374 g/mol. The largest absolute Gasteiger partial charge is 0.478 e. The number of imidazole rings is 1. The van der Waals surface area contributed by atoms with Gasteiger partial charge in [-0.1, -0.05) is 55.5 Å². The molecule has 0 amide bonds. The second kappa shape index (κ2) is 8.90. The predicted octanol–water partition coefficient (Wildman–Crippen LogP) is 5.96. The van der Waals surface area contributed by atoms with Crippen LogP contribution in [-0.4, -0.2) is 27.2 Å². The summed E-state index contributed by atoms with van der Waals surface area (Å²) in [6.07, 6.45) is 7.37. The molecule has 0 spiro atoms. The predicted molar refractivity (Wildman–Crippen MR) is 121 cm³/mol. The van der Waals surface area contributed by atoms with Crippen molar-refractivity contribution in [3.63, 3.8) is 0 Å². The van der Waals surface area contributed by atoms with Crippen molar-refractivity contribution in [2.75, 3.05) is 11.4 Å². The summed E-state index contributed by atoms with van der Waals surface area (Å²) >= 11 is 0. The molecule has 1 heterocycles. The van der Waals surface area contributed by atoms with Gasteiger partial charge in [0.15, 0.2) is 0 Å². The molecule has 1 aromatic heterocycles. The number of aryl methyl sites for hydroxylation is 1. The Labute approximate surface area is 178 Å². The van der Waals surface area contributed by atoms with Gasteiger partial charge in [0.25, 0.3) is 0 Å². The number of fused-ring (bicyclic) bond motifs is 1. The zero-order valence-corrected chi connectivity index (χ0v) is 18.0. The number of carboxylic acids is 1. The fourth-order valence-electron chi connectivity index (χ4n) is 4.67. The number of rotatable bonds is 6. The molecule has 1 aliphatic rings. The summed E-state index contributed by atoms with van der Waals surface area (Å²) in [5.41, 5.74) is 4.64. The number of aromatic carboxylic acids is 1. The zero-order chi connectivity index (χ0) is 21.1. The van der Waals surface area contributed by atoms with Gasteiger partial charge in [-0.15, -0.1) is 0 Å². The first-order valence-corrected chi connectivity index (χ1v) is 11.1. The standard InChI is InChI=1S/C25H31N3O2/c1-3-27(17-19-10-8-9-18(2)15-19)25-26-22-16-20(24(29)30)13-14-23(22)28(25)21-11-6-4-5-7-12-21/h8-10,13-16,21H,3-7,11-12,17H2,1-2H3,(H,29,30). The molecule has 30 heavy (non-hydrogen) atoms. The molecule has 0 radical (unpaired) electrons. The molecular formula is C25H31N3O2. The molecule has 5 heteroatoms. The van der Waals surface area contributed by atoms with Gasteiger partial charge in [-0.2, -0.15) is 0 Å². The Kier molecular flexibility index (Phi) is 6.07. The second-order valence-electron chi connectivity index (χ2n) is 8.44. The number of nitrogens with zero attached hydrogens (tertiary/aromatic N) is 3. The first kappa shape index (κ1) is 20.5. The van der Waals surface area contributed by atoms with Gasteiger partial charge >= 0.3 is 5.97 Å². The summed E-state index contributed by atoms with van der Waals surface area (Å²) in [6, 6.07) is 14.4.